The average molecular weight is 203 g/mol. The largest absolute Gasteiger partial charge is 0.396 e. The summed E-state index contributed by atoms with van der Waals surface area (Å²) in [5, 5.41) is 0. The first-order chi connectivity index (χ1) is 5.88. The highest BCUT2D eigenvalue weighted by molar-refractivity contribution is 7.89. The molecule has 1 rings (SSSR count). The molecule has 3 nitrogen and oxygen atoms in total. The second kappa shape index (κ2) is 3.33. The van der Waals surface area contributed by atoms with Crippen LogP contribution in [0.15, 0.2) is 18.2 Å². The van der Waals surface area contributed by atoms with E-state index in [-0.39, 0.29) is 11.4 Å². The quantitative estimate of drug-likeness (QED) is 0.728. The Labute approximate surface area is 76.3 Å². The summed E-state index contributed by atoms with van der Waals surface area (Å²) in [5.74, 6) is -0.745. The van der Waals surface area contributed by atoms with Crippen LogP contribution < -0.4 is 5.73 Å². The van der Waals surface area contributed by atoms with Crippen LogP contribution in [0.3, 0.4) is 0 Å². The molecule has 0 bridgehead atoms. The molecule has 0 fully saturated rings. The molecule has 0 atom stereocenters. The first-order valence-corrected chi connectivity index (χ1v) is 5.66. The number of sulfone groups is 1. The van der Waals surface area contributed by atoms with E-state index in [1.54, 1.807) is 0 Å². The summed E-state index contributed by atoms with van der Waals surface area (Å²) in [6, 6.07) is 3.99. The van der Waals surface area contributed by atoms with Gasteiger partial charge in [0.05, 0.1) is 11.4 Å². The molecular formula is C8H10FNO2S. The van der Waals surface area contributed by atoms with Gasteiger partial charge in [-0.3, -0.25) is 0 Å². The zero-order chi connectivity index (χ0) is 10.1. The normalized spacial score (nSPS) is 11.5. The van der Waals surface area contributed by atoms with E-state index in [0.717, 1.165) is 12.3 Å². The van der Waals surface area contributed by atoms with E-state index in [2.05, 4.69) is 0 Å². The number of hydrogen-bond acceptors (Lipinski definition) is 3. The molecule has 0 aliphatic rings. The predicted octanol–water partition coefficient (Wildman–Crippen LogP) is 0.953. The SMILES string of the molecule is CS(=O)(=O)Cc1ccc(N)c(F)c1. The standard InChI is InChI=1S/C8H10FNO2S/c1-13(11,12)5-6-2-3-8(10)7(9)4-6/h2-4H,5,10H2,1H3. The minimum absolute atomic E-state index is 0.0252. The fourth-order valence-electron chi connectivity index (χ4n) is 0.963. The van der Waals surface area contributed by atoms with E-state index in [1.165, 1.54) is 12.1 Å². The highest BCUT2D eigenvalue weighted by Crippen LogP contribution is 2.13. The Morgan fingerprint density at radius 3 is 2.54 bits per heavy atom. The van der Waals surface area contributed by atoms with Gasteiger partial charge in [0.25, 0.3) is 0 Å². The fraction of sp³-hybridized carbons (Fsp3) is 0.250. The van der Waals surface area contributed by atoms with E-state index < -0.39 is 15.7 Å². The number of nitrogen functional groups attached to an aromatic ring is 1. The van der Waals surface area contributed by atoms with Crippen LogP contribution in [0.1, 0.15) is 5.56 Å². The number of hydrogen-bond donors (Lipinski definition) is 1. The second-order valence-corrected chi connectivity index (χ2v) is 5.07. The Morgan fingerprint density at radius 2 is 2.08 bits per heavy atom. The highest BCUT2D eigenvalue weighted by atomic mass is 32.2. The lowest BCUT2D eigenvalue weighted by Crippen LogP contribution is -2.01. The summed E-state index contributed by atoms with van der Waals surface area (Å²) >= 11 is 0. The molecule has 0 unspecified atom stereocenters. The monoisotopic (exact) mass is 203 g/mol. The average Bonchev–Trinajstić information content (AvgIpc) is 1.94. The second-order valence-electron chi connectivity index (χ2n) is 2.93. The molecule has 0 saturated heterocycles. The number of rotatable bonds is 2. The fourth-order valence-corrected chi connectivity index (χ4v) is 1.75. The molecule has 0 spiro atoms. The molecule has 13 heavy (non-hydrogen) atoms. The maximum Gasteiger partial charge on any atom is 0.151 e. The first kappa shape index (κ1) is 9.98. The summed E-state index contributed by atoms with van der Waals surface area (Å²) in [5.41, 5.74) is 5.66. The molecule has 5 heteroatoms. The van der Waals surface area contributed by atoms with Gasteiger partial charge in [0, 0.05) is 6.26 Å². The van der Waals surface area contributed by atoms with Crippen LogP contribution in [0.2, 0.25) is 0 Å². The lowest BCUT2D eigenvalue weighted by atomic mass is 10.2. The lowest BCUT2D eigenvalue weighted by Gasteiger charge is -2.01. The smallest absolute Gasteiger partial charge is 0.151 e. The van der Waals surface area contributed by atoms with E-state index in [1.807, 2.05) is 0 Å². The number of anilines is 1. The van der Waals surface area contributed by atoms with Crippen molar-refractivity contribution in [3.8, 4) is 0 Å². The van der Waals surface area contributed by atoms with Crippen LogP contribution in [0.4, 0.5) is 10.1 Å². The number of nitrogens with two attached hydrogens (primary N) is 1. The van der Waals surface area contributed by atoms with E-state index in [0.29, 0.717) is 5.56 Å². The Balaban J connectivity index is 2.99. The summed E-state index contributed by atoms with van der Waals surface area (Å²) in [4.78, 5) is 0. The Kier molecular flexibility index (Phi) is 2.56. The van der Waals surface area contributed by atoms with Crippen molar-refractivity contribution in [2.45, 2.75) is 5.75 Å². The van der Waals surface area contributed by atoms with Crippen LogP contribution in [0.5, 0.6) is 0 Å². The number of benzene rings is 1. The molecule has 0 radical (unpaired) electrons. The third-order valence-corrected chi connectivity index (χ3v) is 2.35. The zero-order valence-corrected chi connectivity index (χ0v) is 7.94. The van der Waals surface area contributed by atoms with Gasteiger partial charge in [-0.15, -0.1) is 0 Å². The van der Waals surface area contributed by atoms with Gasteiger partial charge in [0.2, 0.25) is 0 Å². The van der Waals surface area contributed by atoms with Crippen LogP contribution in [0, 0.1) is 5.82 Å². The molecule has 1 aromatic carbocycles. The van der Waals surface area contributed by atoms with Crippen molar-refractivity contribution in [2.24, 2.45) is 0 Å². The van der Waals surface area contributed by atoms with Gasteiger partial charge in [-0.25, -0.2) is 12.8 Å². The van der Waals surface area contributed by atoms with E-state index in [9.17, 15) is 12.8 Å². The first-order valence-electron chi connectivity index (χ1n) is 3.60. The molecule has 0 aromatic heterocycles. The van der Waals surface area contributed by atoms with Crippen molar-refractivity contribution < 1.29 is 12.8 Å². The van der Waals surface area contributed by atoms with E-state index >= 15 is 0 Å². The van der Waals surface area contributed by atoms with Gasteiger partial charge in [0.15, 0.2) is 9.84 Å². The van der Waals surface area contributed by atoms with Crippen LogP contribution in [-0.2, 0) is 15.6 Å². The van der Waals surface area contributed by atoms with Gasteiger partial charge >= 0.3 is 0 Å². The van der Waals surface area contributed by atoms with Crippen molar-refractivity contribution >= 4 is 15.5 Å². The van der Waals surface area contributed by atoms with Crippen molar-refractivity contribution in [1.29, 1.82) is 0 Å². The minimum atomic E-state index is -3.11. The Bertz CT molecular complexity index is 414. The van der Waals surface area contributed by atoms with E-state index in [4.69, 9.17) is 5.73 Å². The van der Waals surface area contributed by atoms with Crippen molar-refractivity contribution in [3.05, 3.63) is 29.6 Å². The minimum Gasteiger partial charge on any atom is -0.396 e. The molecule has 0 saturated carbocycles. The predicted molar refractivity (Wildman–Crippen MR) is 49.4 cm³/mol. The molecule has 72 valence electrons. The molecule has 0 aliphatic heterocycles. The topological polar surface area (TPSA) is 60.2 Å². The van der Waals surface area contributed by atoms with Crippen LogP contribution in [0.25, 0.3) is 0 Å². The highest BCUT2D eigenvalue weighted by Gasteiger charge is 2.06. The van der Waals surface area contributed by atoms with Crippen LogP contribution >= 0.6 is 0 Å². The Hall–Kier alpha value is -1.10. The summed E-state index contributed by atoms with van der Waals surface area (Å²) in [6.07, 6.45) is 1.10. The van der Waals surface area contributed by atoms with Gasteiger partial charge < -0.3 is 5.73 Å². The molecule has 0 heterocycles. The summed E-state index contributed by atoms with van der Waals surface area (Å²) in [7, 11) is -3.11. The Morgan fingerprint density at radius 1 is 1.46 bits per heavy atom. The van der Waals surface area contributed by atoms with Crippen LogP contribution in [-0.4, -0.2) is 14.7 Å². The lowest BCUT2D eigenvalue weighted by molar-refractivity contribution is 0.600. The summed E-state index contributed by atoms with van der Waals surface area (Å²) < 4.78 is 34.5. The number of halogens is 1. The van der Waals surface area contributed by atoms with Gasteiger partial charge in [-0.1, -0.05) is 6.07 Å². The molecule has 0 amide bonds. The zero-order valence-electron chi connectivity index (χ0n) is 7.12. The maximum absolute atomic E-state index is 12.8. The van der Waals surface area contributed by atoms with Gasteiger partial charge in [0.1, 0.15) is 5.82 Å². The third-order valence-electron chi connectivity index (χ3n) is 1.49. The van der Waals surface area contributed by atoms with Gasteiger partial charge in [-0.2, -0.15) is 0 Å². The van der Waals surface area contributed by atoms with Crippen molar-refractivity contribution in [2.75, 3.05) is 12.0 Å². The maximum atomic E-state index is 12.8. The summed E-state index contributed by atoms with van der Waals surface area (Å²) in [6.45, 7) is 0. The van der Waals surface area contributed by atoms with Gasteiger partial charge in [-0.05, 0) is 17.7 Å². The molecule has 1 aromatic rings. The molecular weight excluding hydrogens is 193 g/mol. The molecule has 2 N–H and O–H groups in total. The molecule has 0 aliphatic carbocycles. The van der Waals surface area contributed by atoms with Crippen molar-refractivity contribution in [3.63, 3.8) is 0 Å². The van der Waals surface area contributed by atoms with Crippen molar-refractivity contribution in [1.82, 2.24) is 0 Å². The third kappa shape index (κ3) is 3.02.